The highest BCUT2D eigenvalue weighted by Gasteiger charge is 2.15. The van der Waals surface area contributed by atoms with E-state index in [-0.39, 0.29) is 0 Å². The number of carbonyl (C=O) groups is 1. The number of amides is 1. The van der Waals surface area contributed by atoms with Gasteiger partial charge in [-0.15, -0.1) is 0 Å². The van der Waals surface area contributed by atoms with E-state index in [2.05, 4.69) is 10.2 Å². The quantitative estimate of drug-likeness (QED) is 0.704. The topological polar surface area (TPSA) is 78.6 Å². The number of nitrogens with two attached hydrogens (primary N) is 1. The third-order valence-corrected chi connectivity index (χ3v) is 3.36. The molecule has 0 saturated carbocycles. The zero-order chi connectivity index (χ0) is 13.7. The number of aliphatic hydroxyl groups excluding tert-OH is 1. The van der Waals surface area contributed by atoms with E-state index >= 15 is 0 Å². The number of anilines is 1. The lowest BCUT2D eigenvalue weighted by Crippen LogP contribution is -2.34. The van der Waals surface area contributed by atoms with Gasteiger partial charge in [0.2, 0.25) is 5.91 Å². The van der Waals surface area contributed by atoms with Crippen LogP contribution in [0, 0.1) is 0 Å². The van der Waals surface area contributed by atoms with Gasteiger partial charge in [-0.2, -0.15) is 0 Å². The molecular formula is C14H21N3O2. The van der Waals surface area contributed by atoms with Gasteiger partial charge in [0.05, 0.1) is 6.10 Å². The second-order valence-electron chi connectivity index (χ2n) is 4.99. The molecule has 1 aromatic rings. The summed E-state index contributed by atoms with van der Waals surface area (Å²) in [6.45, 7) is 3.32. The molecule has 0 spiro atoms. The number of hydrogen-bond acceptors (Lipinski definition) is 4. The normalized spacial score (nSPS) is 17.3. The van der Waals surface area contributed by atoms with Crippen molar-refractivity contribution < 1.29 is 9.90 Å². The zero-order valence-electron chi connectivity index (χ0n) is 11.0. The van der Waals surface area contributed by atoms with Gasteiger partial charge < -0.3 is 21.1 Å². The lowest BCUT2D eigenvalue weighted by atomic mass is 10.2. The third-order valence-electron chi connectivity index (χ3n) is 3.36. The van der Waals surface area contributed by atoms with E-state index in [0.717, 1.165) is 18.8 Å². The monoisotopic (exact) mass is 263 g/mol. The van der Waals surface area contributed by atoms with Crippen LogP contribution < -0.4 is 11.1 Å². The SMILES string of the molecule is NC(=O)c1cccc(NCC(O)CN2CCCC2)c1. The highest BCUT2D eigenvalue weighted by Crippen LogP contribution is 2.11. The van der Waals surface area contributed by atoms with Crippen molar-refractivity contribution in [1.29, 1.82) is 0 Å². The fourth-order valence-corrected chi connectivity index (χ4v) is 2.35. The summed E-state index contributed by atoms with van der Waals surface area (Å²) >= 11 is 0. The van der Waals surface area contributed by atoms with Crippen molar-refractivity contribution in [3.8, 4) is 0 Å². The van der Waals surface area contributed by atoms with E-state index in [4.69, 9.17) is 5.73 Å². The number of benzene rings is 1. The number of carbonyl (C=O) groups excluding carboxylic acids is 1. The van der Waals surface area contributed by atoms with Gasteiger partial charge in [-0.3, -0.25) is 4.79 Å². The first kappa shape index (κ1) is 13.8. The summed E-state index contributed by atoms with van der Waals surface area (Å²) < 4.78 is 0. The van der Waals surface area contributed by atoms with Gasteiger partial charge in [-0.05, 0) is 44.1 Å². The van der Waals surface area contributed by atoms with Crippen LogP contribution in [0.4, 0.5) is 5.69 Å². The molecule has 1 aromatic carbocycles. The average molecular weight is 263 g/mol. The highest BCUT2D eigenvalue weighted by molar-refractivity contribution is 5.93. The fourth-order valence-electron chi connectivity index (χ4n) is 2.35. The average Bonchev–Trinajstić information content (AvgIpc) is 2.89. The molecule has 104 valence electrons. The lowest BCUT2D eigenvalue weighted by molar-refractivity contribution is 0.100. The number of β-amino-alcohol motifs (C(OH)–C–C–N with tert-alkyl or cyclic N) is 1. The second-order valence-corrected chi connectivity index (χ2v) is 4.99. The Bertz CT molecular complexity index is 430. The summed E-state index contributed by atoms with van der Waals surface area (Å²) in [7, 11) is 0. The Labute approximate surface area is 113 Å². The predicted octanol–water partition coefficient (Wildman–Crippen LogP) is 0.654. The standard InChI is InChI=1S/C14H21N3O2/c15-14(19)11-4-3-5-12(8-11)16-9-13(18)10-17-6-1-2-7-17/h3-5,8,13,16,18H,1-2,6-7,9-10H2,(H2,15,19). The minimum atomic E-state index is -0.443. The summed E-state index contributed by atoms with van der Waals surface area (Å²) in [5.74, 6) is -0.443. The third kappa shape index (κ3) is 4.22. The number of nitrogens with one attached hydrogen (secondary N) is 1. The minimum Gasteiger partial charge on any atom is -0.390 e. The maximum Gasteiger partial charge on any atom is 0.248 e. The van der Waals surface area contributed by atoms with Crippen LogP contribution in [-0.4, -0.2) is 48.2 Å². The van der Waals surface area contributed by atoms with Gasteiger partial charge >= 0.3 is 0 Å². The van der Waals surface area contributed by atoms with Crippen molar-refractivity contribution in [2.75, 3.05) is 31.5 Å². The maximum absolute atomic E-state index is 11.1. The molecule has 1 heterocycles. The largest absolute Gasteiger partial charge is 0.390 e. The van der Waals surface area contributed by atoms with Crippen LogP contribution in [0.3, 0.4) is 0 Å². The van der Waals surface area contributed by atoms with Gasteiger partial charge in [0.1, 0.15) is 0 Å². The molecule has 5 nitrogen and oxygen atoms in total. The summed E-state index contributed by atoms with van der Waals surface area (Å²) in [5, 5.41) is 13.1. The number of aliphatic hydroxyl groups is 1. The first-order valence-electron chi connectivity index (χ1n) is 6.69. The first-order chi connectivity index (χ1) is 9.15. The maximum atomic E-state index is 11.1. The van der Waals surface area contributed by atoms with Crippen LogP contribution in [-0.2, 0) is 0 Å². The molecule has 5 heteroatoms. The van der Waals surface area contributed by atoms with Crippen molar-refractivity contribution in [2.24, 2.45) is 5.73 Å². The molecule has 1 atom stereocenters. The summed E-state index contributed by atoms with van der Waals surface area (Å²) in [4.78, 5) is 13.3. The molecule has 0 radical (unpaired) electrons. The molecule has 1 aliphatic heterocycles. The van der Waals surface area contributed by atoms with Crippen molar-refractivity contribution in [3.63, 3.8) is 0 Å². The van der Waals surface area contributed by atoms with Gasteiger partial charge in [0.25, 0.3) is 0 Å². The molecule has 1 unspecified atom stereocenters. The van der Waals surface area contributed by atoms with Crippen LogP contribution in [0.5, 0.6) is 0 Å². The van der Waals surface area contributed by atoms with Crippen molar-refractivity contribution >= 4 is 11.6 Å². The van der Waals surface area contributed by atoms with Crippen LogP contribution in [0.25, 0.3) is 0 Å². The summed E-state index contributed by atoms with van der Waals surface area (Å²) in [6.07, 6.45) is 2.04. The molecule has 0 aliphatic carbocycles. The Kier molecular flexibility index (Phi) is 4.76. The Morgan fingerprint density at radius 3 is 2.84 bits per heavy atom. The van der Waals surface area contributed by atoms with Crippen molar-refractivity contribution in [2.45, 2.75) is 18.9 Å². The van der Waals surface area contributed by atoms with E-state index < -0.39 is 12.0 Å². The van der Waals surface area contributed by atoms with Crippen molar-refractivity contribution in [1.82, 2.24) is 4.90 Å². The van der Waals surface area contributed by atoms with Gasteiger partial charge in [0.15, 0.2) is 0 Å². The summed E-state index contributed by atoms with van der Waals surface area (Å²) in [5.41, 5.74) is 6.50. The molecule has 19 heavy (non-hydrogen) atoms. The van der Waals surface area contributed by atoms with Crippen LogP contribution in [0.15, 0.2) is 24.3 Å². The minimum absolute atomic E-state index is 0.407. The van der Waals surface area contributed by atoms with E-state index in [1.807, 2.05) is 6.07 Å². The van der Waals surface area contributed by atoms with E-state index in [9.17, 15) is 9.90 Å². The van der Waals surface area contributed by atoms with E-state index in [1.54, 1.807) is 18.2 Å². The van der Waals surface area contributed by atoms with Gasteiger partial charge in [-0.1, -0.05) is 6.07 Å². The molecule has 0 aromatic heterocycles. The van der Waals surface area contributed by atoms with E-state index in [0.29, 0.717) is 18.7 Å². The van der Waals surface area contributed by atoms with Crippen LogP contribution in [0.1, 0.15) is 23.2 Å². The van der Waals surface area contributed by atoms with Gasteiger partial charge in [0, 0.05) is 24.3 Å². The molecule has 1 saturated heterocycles. The van der Waals surface area contributed by atoms with E-state index in [1.165, 1.54) is 12.8 Å². The zero-order valence-corrected chi connectivity index (χ0v) is 11.0. The molecule has 1 amide bonds. The predicted molar refractivity (Wildman–Crippen MR) is 75.1 cm³/mol. The number of nitrogens with zero attached hydrogens (tertiary/aromatic N) is 1. The summed E-state index contributed by atoms with van der Waals surface area (Å²) in [6, 6.07) is 7.00. The number of hydrogen-bond donors (Lipinski definition) is 3. The van der Waals surface area contributed by atoms with Crippen LogP contribution >= 0.6 is 0 Å². The molecule has 4 N–H and O–H groups in total. The first-order valence-corrected chi connectivity index (χ1v) is 6.69. The number of likely N-dealkylation sites (tertiary alicyclic amines) is 1. The lowest BCUT2D eigenvalue weighted by Gasteiger charge is -2.20. The molecule has 0 bridgehead atoms. The highest BCUT2D eigenvalue weighted by atomic mass is 16.3. The Hall–Kier alpha value is -1.59. The second kappa shape index (κ2) is 6.54. The van der Waals surface area contributed by atoms with Crippen LogP contribution in [0.2, 0.25) is 0 Å². The smallest absolute Gasteiger partial charge is 0.248 e. The van der Waals surface area contributed by atoms with Crippen molar-refractivity contribution in [3.05, 3.63) is 29.8 Å². The molecule has 1 aliphatic rings. The fraction of sp³-hybridized carbons (Fsp3) is 0.500. The molecular weight excluding hydrogens is 242 g/mol. The molecule has 2 rings (SSSR count). The molecule has 1 fully saturated rings. The number of primary amides is 1. The number of rotatable bonds is 6. The Morgan fingerprint density at radius 1 is 1.42 bits per heavy atom. The van der Waals surface area contributed by atoms with Gasteiger partial charge in [-0.25, -0.2) is 0 Å². The Morgan fingerprint density at radius 2 is 2.16 bits per heavy atom. The Balaban J connectivity index is 1.80.